The van der Waals surface area contributed by atoms with Gasteiger partial charge in [-0.3, -0.25) is 4.79 Å². The van der Waals surface area contributed by atoms with Gasteiger partial charge in [-0.25, -0.2) is 0 Å². The van der Waals surface area contributed by atoms with E-state index < -0.39 is 0 Å². The zero-order chi connectivity index (χ0) is 20.6. The number of carbonyl (C=O) groups excluding carboxylic acids is 1. The second-order valence-corrected chi connectivity index (χ2v) is 7.83. The van der Waals surface area contributed by atoms with E-state index in [-0.39, 0.29) is 18.6 Å². The molecule has 5 heteroatoms. The van der Waals surface area contributed by atoms with Crippen molar-refractivity contribution < 1.29 is 19.4 Å². The summed E-state index contributed by atoms with van der Waals surface area (Å²) in [5, 5.41) is 12.4. The standard InChI is InChI=1S/C24H31NO4/c1-17-4-3-5-18(14-17)12-13-29-23-15-20(8-11-22(23)28-2)24(27)25-21-9-6-19(16-26)7-10-21/h3-5,8,11,14-15,19,21,26H,6-7,9-10,12-13,16H2,1-2H3,(H,25,27). The molecule has 0 aliphatic heterocycles. The fraction of sp³-hybridized carbons (Fsp3) is 0.458. The molecule has 29 heavy (non-hydrogen) atoms. The first-order valence-electron chi connectivity index (χ1n) is 10.4. The summed E-state index contributed by atoms with van der Waals surface area (Å²) in [4.78, 5) is 12.7. The van der Waals surface area contributed by atoms with Crippen molar-refractivity contribution in [1.82, 2.24) is 5.32 Å². The molecule has 1 fully saturated rings. The number of methoxy groups -OCH3 is 1. The molecule has 0 saturated heterocycles. The molecule has 2 N–H and O–H groups in total. The third-order valence-electron chi connectivity index (χ3n) is 5.60. The number of benzene rings is 2. The summed E-state index contributed by atoms with van der Waals surface area (Å²) in [5.41, 5.74) is 3.02. The highest BCUT2D eigenvalue weighted by molar-refractivity contribution is 5.95. The van der Waals surface area contributed by atoms with Gasteiger partial charge in [0.05, 0.1) is 13.7 Å². The highest BCUT2D eigenvalue weighted by Crippen LogP contribution is 2.29. The zero-order valence-corrected chi connectivity index (χ0v) is 17.3. The lowest BCUT2D eigenvalue weighted by atomic mass is 9.86. The van der Waals surface area contributed by atoms with Crippen molar-refractivity contribution in [3.8, 4) is 11.5 Å². The van der Waals surface area contributed by atoms with Crippen LogP contribution in [-0.2, 0) is 6.42 Å². The molecular weight excluding hydrogens is 366 g/mol. The molecule has 2 aromatic rings. The van der Waals surface area contributed by atoms with Gasteiger partial charge in [0.1, 0.15) is 0 Å². The predicted molar refractivity (Wildman–Crippen MR) is 114 cm³/mol. The molecular formula is C24H31NO4. The Morgan fingerprint density at radius 3 is 2.59 bits per heavy atom. The fourth-order valence-electron chi connectivity index (χ4n) is 3.84. The second-order valence-electron chi connectivity index (χ2n) is 7.83. The number of carbonyl (C=O) groups is 1. The summed E-state index contributed by atoms with van der Waals surface area (Å²) in [6.07, 6.45) is 4.52. The number of hydrogen-bond acceptors (Lipinski definition) is 4. The lowest BCUT2D eigenvalue weighted by molar-refractivity contribution is 0.0913. The smallest absolute Gasteiger partial charge is 0.251 e. The van der Waals surface area contributed by atoms with E-state index in [1.807, 2.05) is 6.07 Å². The van der Waals surface area contributed by atoms with Crippen LogP contribution in [0.4, 0.5) is 0 Å². The van der Waals surface area contributed by atoms with Gasteiger partial charge in [-0.2, -0.15) is 0 Å². The Labute approximate surface area is 173 Å². The van der Waals surface area contributed by atoms with Crippen molar-refractivity contribution in [2.75, 3.05) is 20.3 Å². The Hall–Kier alpha value is -2.53. The maximum Gasteiger partial charge on any atom is 0.251 e. The van der Waals surface area contributed by atoms with Crippen LogP contribution in [0, 0.1) is 12.8 Å². The maximum absolute atomic E-state index is 12.7. The third kappa shape index (κ3) is 5.97. The Kier molecular flexibility index (Phi) is 7.53. The highest BCUT2D eigenvalue weighted by Gasteiger charge is 2.22. The minimum absolute atomic E-state index is 0.0939. The van der Waals surface area contributed by atoms with Gasteiger partial charge in [-0.05, 0) is 62.3 Å². The molecule has 0 heterocycles. The quantitative estimate of drug-likeness (QED) is 0.709. The van der Waals surface area contributed by atoms with E-state index in [1.54, 1.807) is 25.3 Å². The molecule has 0 aromatic heterocycles. The Morgan fingerprint density at radius 1 is 1.10 bits per heavy atom. The molecule has 1 amide bonds. The number of aliphatic hydroxyl groups excluding tert-OH is 1. The van der Waals surface area contributed by atoms with Gasteiger partial charge in [-0.1, -0.05) is 29.8 Å². The normalized spacial score (nSPS) is 18.9. The Morgan fingerprint density at radius 2 is 1.90 bits per heavy atom. The summed E-state index contributed by atoms with van der Waals surface area (Å²) in [6.45, 7) is 2.82. The average molecular weight is 398 g/mol. The number of hydrogen-bond donors (Lipinski definition) is 2. The van der Waals surface area contributed by atoms with Crippen LogP contribution in [0.25, 0.3) is 0 Å². The van der Waals surface area contributed by atoms with Crippen LogP contribution in [-0.4, -0.2) is 37.4 Å². The van der Waals surface area contributed by atoms with Gasteiger partial charge in [0.25, 0.3) is 5.91 Å². The lowest BCUT2D eigenvalue weighted by Crippen LogP contribution is -2.38. The first-order valence-corrected chi connectivity index (χ1v) is 10.4. The van der Waals surface area contributed by atoms with Gasteiger partial charge in [0, 0.05) is 24.6 Å². The van der Waals surface area contributed by atoms with Gasteiger partial charge >= 0.3 is 0 Å². The molecule has 1 aliphatic rings. The van der Waals surface area contributed by atoms with Crippen molar-refractivity contribution in [2.24, 2.45) is 5.92 Å². The number of amides is 1. The lowest BCUT2D eigenvalue weighted by Gasteiger charge is -2.28. The molecule has 0 radical (unpaired) electrons. The van der Waals surface area contributed by atoms with Crippen molar-refractivity contribution in [3.63, 3.8) is 0 Å². The first-order chi connectivity index (χ1) is 14.1. The van der Waals surface area contributed by atoms with Crippen LogP contribution >= 0.6 is 0 Å². The van der Waals surface area contributed by atoms with Crippen LogP contribution < -0.4 is 14.8 Å². The summed E-state index contributed by atoms with van der Waals surface area (Å²) in [7, 11) is 1.60. The molecule has 0 atom stereocenters. The number of nitrogens with one attached hydrogen (secondary N) is 1. The van der Waals surface area contributed by atoms with Crippen molar-refractivity contribution >= 4 is 5.91 Å². The summed E-state index contributed by atoms with van der Waals surface area (Å²) in [6, 6.07) is 13.8. The molecule has 0 unspecified atom stereocenters. The summed E-state index contributed by atoms with van der Waals surface area (Å²) >= 11 is 0. The van der Waals surface area contributed by atoms with Crippen LogP contribution in [0.5, 0.6) is 11.5 Å². The predicted octanol–water partition coefficient (Wildman–Crippen LogP) is 3.91. The molecule has 5 nitrogen and oxygen atoms in total. The maximum atomic E-state index is 12.7. The van der Waals surface area contributed by atoms with Gasteiger partial charge in [0.15, 0.2) is 11.5 Å². The minimum Gasteiger partial charge on any atom is -0.493 e. The Bertz CT molecular complexity index is 812. The topological polar surface area (TPSA) is 67.8 Å². The van der Waals surface area contributed by atoms with Gasteiger partial charge in [-0.15, -0.1) is 0 Å². The van der Waals surface area contributed by atoms with Crippen LogP contribution in [0.1, 0.15) is 47.2 Å². The van der Waals surface area contributed by atoms with Crippen molar-refractivity contribution in [2.45, 2.75) is 45.1 Å². The Balaban J connectivity index is 1.59. The van der Waals surface area contributed by atoms with Crippen LogP contribution in [0.15, 0.2) is 42.5 Å². The number of aliphatic hydroxyl groups is 1. The van der Waals surface area contributed by atoms with E-state index >= 15 is 0 Å². The molecule has 3 rings (SSSR count). The molecule has 156 valence electrons. The number of ether oxygens (including phenoxy) is 2. The second kappa shape index (κ2) is 10.3. The third-order valence-corrected chi connectivity index (χ3v) is 5.60. The molecule has 0 spiro atoms. The first kappa shape index (κ1) is 21.2. The van der Waals surface area contributed by atoms with Crippen LogP contribution in [0.3, 0.4) is 0 Å². The van der Waals surface area contributed by atoms with Crippen LogP contribution in [0.2, 0.25) is 0 Å². The van der Waals surface area contributed by atoms with E-state index in [0.29, 0.717) is 29.6 Å². The van der Waals surface area contributed by atoms with E-state index in [1.165, 1.54) is 11.1 Å². The van der Waals surface area contributed by atoms with Crippen molar-refractivity contribution in [3.05, 3.63) is 59.2 Å². The number of aryl methyl sites for hydroxylation is 1. The van der Waals surface area contributed by atoms with E-state index in [9.17, 15) is 9.90 Å². The summed E-state index contributed by atoms with van der Waals surface area (Å²) in [5.74, 6) is 1.48. The van der Waals surface area contributed by atoms with E-state index in [0.717, 1.165) is 32.1 Å². The van der Waals surface area contributed by atoms with E-state index in [2.05, 4.69) is 30.4 Å². The zero-order valence-electron chi connectivity index (χ0n) is 17.3. The number of rotatable bonds is 8. The molecule has 0 bridgehead atoms. The molecule has 1 aliphatic carbocycles. The van der Waals surface area contributed by atoms with E-state index in [4.69, 9.17) is 9.47 Å². The minimum atomic E-state index is -0.0939. The van der Waals surface area contributed by atoms with Gasteiger partial charge in [0.2, 0.25) is 0 Å². The highest BCUT2D eigenvalue weighted by atomic mass is 16.5. The molecule has 1 saturated carbocycles. The molecule has 2 aromatic carbocycles. The van der Waals surface area contributed by atoms with Gasteiger partial charge < -0.3 is 19.9 Å². The average Bonchev–Trinajstić information content (AvgIpc) is 2.74. The van der Waals surface area contributed by atoms with Crippen molar-refractivity contribution in [1.29, 1.82) is 0 Å². The SMILES string of the molecule is COc1ccc(C(=O)NC2CCC(CO)CC2)cc1OCCc1cccc(C)c1. The fourth-order valence-corrected chi connectivity index (χ4v) is 3.84. The summed E-state index contributed by atoms with van der Waals surface area (Å²) < 4.78 is 11.3. The largest absolute Gasteiger partial charge is 0.493 e. The monoisotopic (exact) mass is 397 g/mol.